The van der Waals surface area contributed by atoms with Crippen molar-refractivity contribution >= 4 is 25.8 Å². The number of fused-ring (bicyclic) bond motifs is 1. The van der Waals surface area contributed by atoms with E-state index < -0.39 is 9.84 Å². The molecule has 2 aromatic rings. The Morgan fingerprint density at radius 2 is 2.17 bits per heavy atom. The SMILES string of the molecule is CS(=O)(=O)c1nc2c(c(=O)[nH]1)CN(Cc1ccc(Br)nc1)CC2. The molecule has 0 radical (unpaired) electrons. The highest BCUT2D eigenvalue weighted by Gasteiger charge is 2.23. The van der Waals surface area contributed by atoms with Gasteiger partial charge in [-0.3, -0.25) is 14.7 Å². The van der Waals surface area contributed by atoms with Crippen LogP contribution in [0.15, 0.2) is 32.9 Å². The standard InChI is InChI=1S/C14H15BrN4O3S/c1-23(21,22)14-17-11-4-5-19(8-10(11)13(20)18-14)7-9-2-3-12(15)16-6-9/h2-3,6H,4-5,7-8H2,1H3,(H,17,18,20). The number of hydrogen-bond donors (Lipinski definition) is 1. The van der Waals surface area contributed by atoms with Crippen molar-refractivity contribution in [1.29, 1.82) is 0 Å². The summed E-state index contributed by atoms with van der Waals surface area (Å²) < 4.78 is 23.9. The molecule has 0 saturated carbocycles. The minimum absolute atomic E-state index is 0.258. The highest BCUT2D eigenvalue weighted by Crippen LogP contribution is 2.17. The van der Waals surface area contributed by atoms with Crippen LogP contribution in [-0.2, 0) is 29.3 Å². The van der Waals surface area contributed by atoms with Crippen LogP contribution in [0.3, 0.4) is 0 Å². The summed E-state index contributed by atoms with van der Waals surface area (Å²) in [6.45, 7) is 1.83. The third-order valence-corrected chi connectivity index (χ3v) is 5.04. The van der Waals surface area contributed by atoms with Gasteiger partial charge in [0.25, 0.3) is 5.56 Å². The number of hydrogen-bond acceptors (Lipinski definition) is 6. The van der Waals surface area contributed by atoms with E-state index in [1.807, 2.05) is 12.1 Å². The Morgan fingerprint density at radius 3 is 2.83 bits per heavy atom. The van der Waals surface area contributed by atoms with Crippen LogP contribution in [0.25, 0.3) is 0 Å². The van der Waals surface area contributed by atoms with Crippen molar-refractivity contribution in [2.24, 2.45) is 0 Å². The van der Waals surface area contributed by atoms with Gasteiger partial charge in [-0.05, 0) is 27.6 Å². The first-order valence-electron chi connectivity index (χ1n) is 6.98. The highest BCUT2D eigenvalue weighted by atomic mass is 79.9. The van der Waals surface area contributed by atoms with Crippen LogP contribution in [-0.4, -0.2) is 41.1 Å². The van der Waals surface area contributed by atoms with Gasteiger partial charge in [0.1, 0.15) is 4.60 Å². The van der Waals surface area contributed by atoms with E-state index >= 15 is 0 Å². The molecule has 0 unspecified atom stereocenters. The molecule has 2 aromatic heterocycles. The normalized spacial score (nSPS) is 15.4. The lowest BCUT2D eigenvalue weighted by Gasteiger charge is -2.27. The first-order chi connectivity index (χ1) is 10.8. The van der Waals surface area contributed by atoms with Crippen LogP contribution in [0.2, 0.25) is 0 Å². The molecule has 0 saturated heterocycles. The lowest BCUT2D eigenvalue weighted by molar-refractivity contribution is 0.240. The minimum atomic E-state index is -3.52. The fraction of sp³-hybridized carbons (Fsp3) is 0.357. The molecule has 9 heteroatoms. The number of aromatic amines is 1. The van der Waals surface area contributed by atoms with Gasteiger partial charge in [0.05, 0.1) is 11.3 Å². The quantitative estimate of drug-likeness (QED) is 0.609. The number of pyridine rings is 1. The Hall–Kier alpha value is -1.58. The maximum absolute atomic E-state index is 12.2. The fourth-order valence-corrected chi connectivity index (χ4v) is 3.32. The van der Waals surface area contributed by atoms with Crippen LogP contribution in [0.4, 0.5) is 0 Å². The van der Waals surface area contributed by atoms with Gasteiger partial charge in [0.15, 0.2) is 0 Å². The van der Waals surface area contributed by atoms with Gasteiger partial charge in [-0.25, -0.2) is 18.4 Å². The van der Waals surface area contributed by atoms with E-state index in [4.69, 9.17) is 0 Å². The van der Waals surface area contributed by atoms with E-state index in [0.717, 1.165) is 16.4 Å². The van der Waals surface area contributed by atoms with E-state index in [-0.39, 0.29) is 10.7 Å². The molecular formula is C14H15BrN4O3S. The van der Waals surface area contributed by atoms with Crippen molar-refractivity contribution in [1.82, 2.24) is 19.9 Å². The van der Waals surface area contributed by atoms with Crippen LogP contribution < -0.4 is 5.56 Å². The average molecular weight is 399 g/mol. The summed E-state index contributed by atoms with van der Waals surface area (Å²) in [6.07, 6.45) is 3.37. The zero-order valence-corrected chi connectivity index (χ0v) is 14.8. The highest BCUT2D eigenvalue weighted by molar-refractivity contribution is 9.10. The third kappa shape index (κ3) is 3.67. The molecule has 3 heterocycles. The van der Waals surface area contributed by atoms with E-state index in [1.165, 1.54) is 0 Å². The number of sulfone groups is 1. The molecule has 0 atom stereocenters. The number of halogens is 1. The number of aromatic nitrogens is 3. The van der Waals surface area contributed by atoms with Gasteiger partial charge in [-0.1, -0.05) is 6.07 Å². The Bertz CT molecular complexity index is 893. The second kappa shape index (κ2) is 6.14. The molecule has 0 aliphatic carbocycles. The summed E-state index contributed by atoms with van der Waals surface area (Å²) in [6, 6.07) is 3.85. The fourth-order valence-electron chi connectivity index (χ4n) is 2.53. The van der Waals surface area contributed by atoms with E-state index in [0.29, 0.717) is 37.3 Å². The Kier molecular flexibility index (Phi) is 4.35. The van der Waals surface area contributed by atoms with Crippen molar-refractivity contribution in [2.75, 3.05) is 12.8 Å². The Labute approximate surface area is 141 Å². The molecule has 3 rings (SSSR count). The molecule has 0 aromatic carbocycles. The third-order valence-electron chi connectivity index (χ3n) is 3.67. The lowest BCUT2D eigenvalue weighted by atomic mass is 10.1. The molecule has 7 nitrogen and oxygen atoms in total. The lowest BCUT2D eigenvalue weighted by Crippen LogP contribution is -2.36. The van der Waals surface area contributed by atoms with E-state index in [1.54, 1.807) is 6.20 Å². The number of rotatable bonds is 3. The van der Waals surface area contributed by atoms with E-state index in [2.05, 4.69) is 35.8 Å². The smallest absolute Gasteiger partial charge is 0.256 e. The Balaban J connectivity index is 1.84. The van der Waals surface area contributed by atoms with Gasteiger partial charge in [-0.15, -0.1) is 0 Å². The number of H-pyrrole nitrogens is 1. The molecule has 122 valence electrons. The predicted molar refractivity (Wildman–Crippen MR) is 87.7 cm³/mol. The maximum atomic E-state index is 12.2. The zero-order valence-electron chi connectivity index (χ0n) is 12.4. The monoisotopic (exact) mass is 398 g/mol. The summed E-state index contributed by atoms with van der Waals surface area (Å²) in [5.41, 5.74) is 1.77. The Morgan fingerprint density at radius 1 is 1.39 bits per heavy atom. The molecular weight excluding hydrogens is 384 g/mol. The zero-order chi connectivity index (χ0) is 16.6. The van der Waals surface area contributed by atoms with Gasteiger partial charge in [-0.2, -0.15) is 0 Å². The number of nitrogens with zero attached hydrogens (tertiary/aromatic N) is 3. The second-order valence-electron chi connectivity index (χ2n) is 5.52. The van der Waals surface area contributed by atoms with Crippen molar-refractivity contribution in [3.8, 4) is 0 Å². The summed E-state index contributed by atoms with van der Waals surface area (Å²) in [5.74, 6) is 0. The minimum Gasteiger partial charge on any atom is -0.297 e. The van der Waals surface area contributed by atoms with Crippen molar-refractivity contribution in [3.63, 3.8) is 0 Å². The van der Waals surface area contributed by atoms with Crippen LogP contribution in [0.5, 0.6) is 0 Å². The van der Waals surface area contributed by atoms with Crippen LogP contribution >= 0.6 is 15.9 Å². The maximum Gasteiger partial charge on any atom is 0.256 e. The van der Waals surface area contributed by atoms with Gasteiger partial charge < -0.3 is 0 Å². The predicted octanol–water partition coefficient (Wildman–Crippen LogP) is 0.889. The molecule has 1 aliphatic rings. The molecule has 1 N–H and O–H groups in total. The van der Waals surface area contributed by atoms with Crippen LogP contribution in [0, 0.1) is 0 Å². The summed E-state index contributed by atoms with van der Waals surface area (Å²) in [7, 11) is -3.52. The van der Waals surface area contributed by atoms with Crippen molar-refractivity contribution in [2.45, 2.75) is 24.7 Å². The first-order valence-corrected chi connectivity index (χ1v) is 9.66. The number of nitrogens with one attached hydrogen (secondary N) is 1. The average Bonchev–Trinajstić information content (AvgIpc) is 2.49. The van der Waals surface area contributed by atoms with Gasteiger partial charge >= 0.3 is 0 Å². The first kappa shape index (κ1) is 16.3. The molecule has 0 spiro atoms. The molecule has 23 heavy (non-hydrogen) atoms. The molecule has 1 aliphatic heterocycles. The van der Waals surface area contributed by atoms with Crippen molar-refractivity contribution in [3.05, 3.63) is 50.1 Å². The van der Waals surface area contributed by atoms with Crippen LogP contribution in [0.1, 0.15) is 16.8 Å². The van der Waals surface area contributed by atoms with Gasteiger partial charge in [0, 0.05) is 38.5 Å². The summed E-state index contributed by atoms with van der Waals surface area (Å²) >= 11 is 3.30. The summed E-state index contributed by atoms with van der Waals surface area (Å²) in [5, 5.41) is -0.258. The van der Waals surface area contributed by atoms with Gasteiger partial charge in [0.2, 0.25) is 15.0 Å². The largest absolute Gasteiger partial charge is 0.297 e. The molecule has 0 bridgehead atoms. The van der Waals surface area contributed by atoms with Crippen molar-refractivity contribution < 1.29 is 8.42 Å². The molecule has 0 fully saturated rings. The topological polar surface area (TPSA) is 96.0 Å². The molecule has 0 amide bonds. The second-order valence-corrected chi connectivity index (χ2v) is 8.26. The van der Waals surface area contributed by atoms with E-state index in [9.17, 15) is 13.2 Å². The summed E-state index contributed by atoms with van der Waals surface area (Å²) in [4.78, 5) is 24.9.